The molecule has 0 unspecified atom stereocenters. The minimum atomic E-state index is -0.285. The van der Waals surface area contributed by atoms with Gasteiger partial charge in [0.2, 0.25) is 5.75 Å². The lowest BCUT2D eigenvalue weighted by atomic mass is 10.1. The molecule has 0 aliphatic carbocycles. The molecule has 3 heterocycles. The van der Waals surface area contributed by atoms with Gasteiger partial charge in [-0.25, -0.2) is 4.98 Å². The average molecular weight is 523 g/mol. The Kier molecular flexibility index (Phi) is 8.68. The monoisotopic (exact) mass is 522 g/mol. The number of imidazole rings is 1. The van der Waals surface area contributed by atoms with E-state index < -0.39 is 0 Å². The third-order valence-corrected chi connectivity index (χ3v) is 7.13. The van der Waals surface area contributed by atoms with Gasteiger partial charge in [0.05, 0.1) is 32.7 Å². The maximum Gasteiger partial charge on any atom is 0.255 e. The van der Waals surface area contributed by atoms with Gasteiger partial charge in [0.1, 0.15) is 0 Å². The summed E-state index contributed by atoms with van der Waals surface area (Å²) in [6, 6.07) is 11.0. The highest BCUT2D eigenvalue weighted by atomic mass is 32.1. The van der Waals surface area contributed by atoms with Gasteiger partial charge in [0, 0.05) is 34.9 Å². The summed E-state index contributed by atoms with van der Waals surface area (Å²) >= 11 is 1.64. The largest absolute Gasteiger partial charge is 0.493 e. The number of hydrogen-bond donors (Lipinski definition) is 1. The second-order valence-corrected chi connectivity index (χ2v) is 9.24. The first kappa shape index (κ1) is 26.5. The van der Waals surface area contributed by atoms with Gasteiger partial charge in [0.15, 0.2) is 16.5 Å². The number of para-hydroxylation sites is 1. The van der Waals surface area contributed by atoms with Crippen LogP contribution in [-0.2, 0) is 6.54 Å². The fourth-order valence-corrected chi connectivity index (χ4v) is 5.33. The molecule has 0 saturated carbocycles. The number of fused-ring (bicyclic) bond motifs is 1. The Morgan fingerprint density at radius 2 is 1.70 bits per heavy atom. The summed E-state index contributed by atoms with van der Waals surface area (Å²) in [4.78, 5) is 21.5. The van der Waals surface area contributed by atoms with E-state index in [9.17, 15) is 4.79 Å². The molecule has 0 atom stereocenters. The number of methoxy groups -OCH3 is 3. The molecule has 1 aliphatic rings. The molecule has 5 rings (SSSR count). The molecule has 2 aromatic carbocycles. The van der Waals surface area contributed by atoms with Crippen LogP contribution in [0.3, 0.4) is 0 Å². The zero-order valence-corrected chi connectivity index (χ0v) is 22.9. The van der Waals surface area contributed by atoms with E-state index in [2.05, 4.69) is 26.2 Å². The Morgan fingerprint density at radius 1 is 1.03 bits per heavy atom. The van der Waals surface area contributed by atoms with Gasteiger partial charge in [-0.1, -0.05) is 32.0 Å². The third kappa shape index (κ3) is 5.57. The van der Waals surface area contributed by atoms with Crippen LogP contribution in [0.2, 0.25) is 0 Å². The van der Waals surface area contributed by atoms with E-state index in [1.54, 1.807) is 23.5 Å². The van der Waals surface area contributed by atoms with E-state index in [0.717, 1.165) is 35.9 Å². The van der Waals surface area contributed by atoms with Crippen LogP contribution >= 0.6 is 11.3 Å². The maximum atomic E-state index is 13.2. The zero-order chi connectivity index (χ0) is 26.4. The fourth-order valence-electron chi connectivity index (χ4n) is 4.46. The van der Waals surface area contributed by atoms with Crippen molar-refractivity contribution in [3.63, 3.8) is 0 Å². The van der Waals surface area contributed by atoms with Gasteiger partial charge in [-0.05, 0) is 44.1 Å². The lowest BCUT2D eigenvalue weighted by Crippen LogP contribution is -2.19. The molecule has 1 fully saturated rings. The number of nitrogens with zero attached hydrogens (tertiary/aromatic N) is 3. The SMILES string of the molecule is CC.COc1cc(C(=O)Nc2ccccc2-c2cn3c(CN4CCCC4)csc3n2)cc(OC)c1OC. The van der Waals surface area contributed by atoms with Crippen LogP contribution < -0.4 is 19.5 Å². The quantitative estimate of drug-likeness (QED) is 0.308. The van der Waals surface area contributed by atoms with E-state index in [4.69, 9.17) is 19.2 Å². The fraction of sp³-hybridized carbons (Fsp3) is 0.357. The zero-order valence-electron chi connectivity index (χ0n) is 22.0. The Bertz CT molecular complexity index is 1330. The van der Waals surface area contributed by atoms with Gasteiger partial charge < -0.3 is 19.5 Å². The first-order chi connectivity index (χ1) is 18.1. The van der Waals surface area contributed by atoms with E-state index in [1.807, 2.05) is 38.1 Å². The molecule has 0 radical (unpaired) electrons. The van der Waals surface area contributed by atoms with Gasteiger partial charge in [0.25, 0.3) is 5.91 Å². The Balaban J connectivity index is 0.00000156. The number of benzene rings is 2. The summed E-state index contributed by atoms with van der Waals surface area (Å²) in [6.45, 7) is 7.22. The Morgan fingerprint density at radius 3 is 2.35 bits per heavy atom. The number of thiazole rings is 1. The van der Waals surface area contributed by atoms with Gasteiger partial charge in [-0.2, -0.15) is 0 Å². The van der Waals surface area contributed by atoms with Crippen molar-refractivity contribution in [3.05, 3.63) is 59.2 Å². The van der Waals surface area contributed by atoms with Crippen LogP contribution in [-0.4, -0.2) is 54.6 Å². The number of carbonyl (C=O) groups excluding carboxylic acids is 1. The first-order valence-electron chi connectivity index (χ1n) is 12.5. The summed E-state index contributed by atoms with van der Waals surface area (Å²) < 4.78 is 18.3. The highest BCUT2D eigenvalue weighted by molar-refractivity contribution is 7.15. The Labute approximate surface area is 221 Å². The molecule has 4 aromatic rings. The van der Waals surface area contributed by atoms with Crippen molar-refractivity contribution in [2.45, 2.75) is 33.2 Å². The molecule has 1 saturated heterocycles. The van der Waals surface area contributed by atoms with Gasteiger partial charge >= 0.3 is 0 Å². The molecule has 196 valence electrons. The van der Waals surface area contributed by atoms with Crippen LogP contribution in [0.4, 0.5) is 5.69 Å². The lowest BCUT2D eigenvalue weighted by molar-refractivity contribution is 0.102. The second-order valence-electron chi connectivity index (χ2n) is 8.40. The van der Waals surface area contributed by atoms with Gasteiger partial charge in [-0.3, -0.25) is 14.1 Å². The molecule has 1 amide bonds. The van der Waals surface area contributed by atoms with E-state index >= 15 is 0 Å². The summed E-state index contributed by atoms with van der Waals surface area (Å²) in [6.07, 6.45) is 4.59. The van der Waals surface area contributed by atoms with E-state index in [-0.39, 0.29) is 5.91 Å². The number of rotatable bonds is 8. The van der Waals surface area contributed by atoms with Crippen molar-refractivity contribution in [2.75, 3.05) is 39.7 Å². The van der Waals surface area contributed by atoms with Crippen LogP contribution in [0, 0.1) is 0 Å². The molecular formula is C28H34N4O4S. The number of nitrogens with one attached hydrogen (secondary N) is 1. The standard InChI is InChI=1S/C26H28N4O4S.C2H6/c1-32-22-12-17(13-23(33-2)24(22)34-3)25(31)27-20-9-5-4-8-19(20)21-15-30-18(16-35-26(30)28-21)14-29-10-6-7-11-29;1-2/h4-5,8-9,12-13,15-16H,6-7,10-11,14H2,1-3H3,(H,27,31);1-2H3. The van der Waals surface area contributed by atoms with E-state index in [0.29, 0.717) is 28.5 Å². The molecule has 2 aromatic heterocycles. The molecular weight excluding hydrogens is 488 g/mol. The smallest absolute Gasteiger partial charge is 0.255 e. The number of amides is 1. The molecule has 0 spiro atoms. The predicted octanol–water partition coefficient (Wildman–Crippen LogP) is 5.96. The molecule has 0 bridgehead atoms. The van der Waals surface area contributed by atoms with Crippen molar-refractivity contribution in [3.8, 4) is 28.5 Å². The maximum absolute atomic E-state index is 13.2. The predicted molar refractivity (Wildman–Crippen MR) is 148 cm³/mol. The van der Waals surface area contributed by atoms with Crippen LogP contribution in [0.25, 0.3) is 16.2 Å². The van der Waals surface area contributed by atoms with Gasteiger partial charge in [-0.15, -0.1) is 11.3 Å². The number of aromatic nitrogens is 2. The molecule has 1 N–H and O–H groups in total. The average Bonchev–Trinajstić information content (AvgIpc) is 3.68. The summed E-state index contributed by atoms with van der Waals surface area (Å²) in [5.41, 5.74) is 3.99. The summed E-state index contributed by atoms with van der Waals surface area (Å²) in [5, 5.41) is 5.21. The van der Waals surface area contributed by atoms with Crippen molar-refractivity contribution >= 4 is 27.9 Å². The minimum absolute atomic E-state index is 0.285. The second kappa shape index (κ2) is 12.1. The number of ether oxygens (including phenoxy) is 3. The lowest BCUT2D eigenvalue weighted by Gasteiger charge is -2.15. The number of likely N-dealkylation sites (tertiary alicyclic amines) is 1. The van der Waals surface area contributed by atoms with Crippen LogP contribution in [0.1, 0.15) is 42.7 Å². The van der Waals surface area contributed by atoms with Crippen LogP contribution in [0.15, 0.2) is 48.0 Å². The molecule has 37 heavy (non-hydrogen) atoms. The van der Waals surface area contributed by atoms with Crippen molar-refractivity contribution in [1.29, 1.82) is 0 Å². The summed E-state index contributed by atoms with van der Waals surface area (Å²) in [5.74, 6) is 0.998. The van der Waals surface area contributed by atoms with Crippen molar-refractivity contribution in [1.82, 2.24) is 14.3 Å². The molecule has 1 aliphatic heterocycles. The number of hydrogen-bond acceptors (Lipinski definition) is 7. The Hall–Kier alpha value is -3.56. The molecule has 9 heteroatoms. The normalized spacial score (nSPS) is 13.2. The first-order valence-corrected chi connectivity index (χ1v) is 13.4. The van der Waals surface area contributed by atoms with Crippen LogP contribution in [0.5, 0.6) is 17.2 Å². The highest BCUT2D eigenvalue weighted by Crippen LogP contribution is 2.38. The minimum Gasteiger partial charge on any atom is -0.493 e. The van der Waals surface area contributed by atoms with E-state index in [1.165, 1.54) is 39.9 Å². The van der Waals surface area contributed by atoms with Crippen molar-refractivity contribution < 1.29 is 19.0 Å². The van der Waals surface area contributed by atoms with Crippen molar-refractivity contribution in [2.24, 2.45) is 0 Å². The highest BCUT2D eigenvalue weighted by Gasteiger charge is 2.20. The summed E-state index contributed by atoms with van der Waals surface area (Å²) in [7, 11) is 4.58. The molecule has 8 nitrogen and oxygen atoms in total. The number of carbonyl (C=O) groups is 1. The topological polar surface area (TPSA) is 77.3 Å². The third-order valence-electron chi connectivity index (χ3n) is 6.25. The number of anilines is 1.